The molecule has 2 rings (SSSR count). The summed E-state index contributed by atoms with van der Waals surface area (Å²) >= 11 is 0. The summed E-state index contributed by atoms with van der Waals surface area (Å²) in [4.78, 5) is 0. The molecule has 0 spiro atoms. The summed E-state index contributed by atoms with van der Waals surface area (Å²) < 4.78 is 18.4. The lowest BCUT2D eigenvalue weighted by Gasteiger charge is -2.19. The summed E-state index contributed by atoms with van der Waals surface area (Å²) in [6.45, 7) is 0.433. The Hall–Kier alpha value is -1.60. The second kappa shape index (κ2) is 3.52. The van der Waals surface area contributed by atoms with Gasteiger partial charge in [-0.05, 0) is 31.0 Å². The minimum absolute atomic E-state index is 0.225. The van der Waals surface area contributed by atoms with Crippen LogP contribution in [0.5, 0.6) is 5.75 Å². The normalized spacial score (nSPS) is 24.6. The summed E-state index contributed by atoms with van der Waals surface area (Å²) in [5, 5.41) is 19.0. The first-order valence-corrected chi connectivity index (χ1v) is 4.72. The molecular formula is C11H10FNO2. The third kappa shape index (κ3) is 1.66. The number of benzene rings is 1. The van der Waals surface area contributed by atoms with Gasteiger partial charge in [-0.1, -0.05) is 0 Å². The number of aliphatic hydroxyl groups is 1. The van der Waals surface area contributed by atoms with E-state index in [0.717, 1.165) is 6.07 Å². The Morgan fingerprint density at radius 2 is 2.33 bits per heavy atom. The molecule has 0 amide bonds. The van der Waals surface area contributed by atoms with Crippen LogP contribution in [0.1, 0.15) is 18.4 Å². The summed E-state index contributed by atoms with van der Waals surface area (Å²) in [6, 6.07) is 5.66. The van der Waals surface area contributed by atoms with E-state index in [1.165, 1.54) is 12.1 Å². The number of halogens is 1. The van der Waals surface area contributed by atoms with Crippen molar-refractivity contribution in [2.75, 3.05) is 6.61 Å². The van der Waals surface area contributed by atoms with Gasteiger partial charge in [-0.3, -0.25) is 0 Å². The maximum absolute atomic E-state index is 13.0. The fraction of sp³-hybridized carbons (Fsp3) is 0.364. The van der Waals surface area contributed by atoms with E-state index in [1.54, 1.807) is 0 Å². The molecule has 0 radical (unpaired) electrons. The average Bonchev–Trinajstić information content (AvgIpc) is 2.40. The van der Waals surface area contributed by atoms with Crippen molar-refractivity contribution in [3.05, 3.63) is 29.6 Å². The van der Waals surface area contributed by atoms with Gasteiger partial charge in [-0.2, -0.15) is 5.26 Å². The lowest BCUT2D eigenvalue weighted by molar-refractivity contribution is 0.0881. The standard InChI is InChI=1S/C11H10FNO2/c12-8-2-3-10-9(6-8)11(14,7-13)4-1-5-15-10/h2-3,6,14H,1,4-5H2. The van der Waals surface area contributed by atoms with Gasteiger partial charge in [0.25, 0.3) is 0 Å². The molecule has 1 atom stereocenters. The minimum atomic E-state index is -1.63. The SMILES string of the molecule is N#CC1(O)CCCOc2ccc(F)cc21. The molecule has 3 nitrogen and oxygen atoms in total. The van der Waals surface area contributed by atoms with Crippen LogP contribution in [-0.4, -0.2) is 11.7 Å². The van der Waals surface area contributed by atoms with Crippen molar-refractivity contribution in [3.63, 3.8) is 0 Å². The van der Waals surface area contributed by atoms with Crippen LogP contribution in [0.15, 0.2) is 18.2 Å². The molecule has 1 aliphatic rings. The highest BCUT2D eigenvalue weighted by atomic mass is 19.1. The predicted molar refractivity (Wildman–Crippen MR) is 50.6 cm³/mol. The van der Waals surface area contributed by atoms with E-state index in [4.69, 9.17) is 10.00 Å². The molecule has 1 aliphatic heterocycles. The molecule has 0 saturated heterocycles. The molecule has 4 heteroatoms. The van der Waals surface area contributed by atoms with Crippen LogP contribution in [-0.2, 0) is 5.60 Å². The lowest BCUT2D eigenvalue weighted by atomic mass is 9.90. The molecule has 1 N–H and O–H groups in total. The highest BCUT2D eigenvalue weighted by Gasteiger charge is 2.34. The van der Waals surface area contributed by atoms with E-state index < -0.39 is 11.4 Å². The zero-order valence-electron chi connectivity index (χ0n) is 8.03. The third-order valence-electron chi connectivity index (χ3n) is 2.51. The van der Waals surface area contributed by atoms with E-state index in [1.807, 2.05) is 6.07 Å². The molecule has 1 aromatic rings. The molecule has 0 aliphatic carbocycles. The molecular weight excluding hydrogens is 197 g/mol. The van der Waals surface area contributed by atoms with E-state index in [2.05, 4.69) is 0 Å². The monoisotopic (exact) mass is 207 g/mol. The van der Waals surface area contributed by atoms with Gasteiger partial charge in [-0.25, -0.2) is 4.39 Å². The van der Waals surface area contributed by atoms with E-state index in [0.29, 0.717) is 18.8 Å². The van der Waals surface area contributed by atoms with Gasteiger partial charge in [0, 0.05) is 5.56 Å². The van der Waals surface area contributed by atoms with Crippen molar-refractivity contribution in [2.45, 2.75) is 18.4 Å². The number of hydrogen-bond acceptors (Lipinski definition) is 3. The van der Waals surface area contributed by atoms with Gasteiger partial charge in [0.2, 0.25) is 0 Å². The van der Waals surface area contributed by atoms with Crippen molar-refractivity contribution in [1.82, 2.24) is 0 Å². The van der Waals surface area contributed by atoms with Crippen LogP contribution < -0.4 is 4.74 Å². The second-order valence-corrected chi connectivity index (χ2v) is 3.56. The zero-order chi connectivity index (χ0) is 10.9. The quantitative estimate of drug-likeness (QED) is 0.659. The highest BCUT2D eigenvalue weighted by Crippen LogP contribution is 2.36. The molecule has 1 aromatic carbocycles. The van der Waals surface area contributed by atoms with Gasteiger partial charge < -0.3 is 9.84 Å². The topological polar surface area (TPSA) is 53.2 Å². The fourth-order valence-electron chi connectivity index (χ4n) is 1.71. The fourth-order valence-corrected chi connectivity index (χ4v) is 1.71. The molecule has 0 bridgehead atoms. The van der Waals surface area contributed by atoms with E-state index in [-0.39, 0.29) is 12.0 Å². The van der Waals surface area contributed by atoms with Crippen molar-refractivity contribution in [1.29, 1.82) is 5.26 Å². The van der Waals surface area contributed by atoms with Gasteiger partial charge in [0.05, 0.1) is 6.61 Å². The average molecular weight is 207 g/mol. The van der Waals surface area contributed by atoms with Gasteiger partial charge in [0.1, 0.15) is 17.6 Å². The zero-order valence-corrected chi connectivity index (χ0v) is 8.03. The summed E-state index contributed by atoms with van der Waals surface area (Å²) in [7, 11) is 0. The number of ether oxygens (including phenoxy) is 1. The van der Waals surface area contributed by atoms with Crippen LogP contribution in [0, 0.1) is 17.1 Å². The van der Waals surface area contributed by atoms with Crippen LogP contribution in [0.2, 0.25) is 0 Å². The van der Waals surface area contributed by atoms with Crippen molar-refractivity contribution in [2.24, 2.45) is 0 Å². The first kappa shape index (κ1) is 9.94. The molecule has 1 unspecified atom stereocenters. The maximum atomic E-state index is 13.0. The highest BCUT2D eigenvalue weighted by molar-refractivity contribution is 5.42. The number of nitrogens with zero attached hydrogens (tertiary/aromatic N) is 1. The second-order valence-electron chi connectivity index (χ2n) is 3.56. The Balaban J connectivity index is 2.58. The van der Waals surface area contributed by atoms with Crippen molar-refractivity contribution >= 4 is 0 Å². The van der Waals surface area contributed by atoms with Crippen LogP contribution in [0.25, 0.3) is 0 Å². The number of nitriles is 1. The van der Waals surface area contributed by atoms with Crippen LogP contribution in [0.4, 0.5) is 4.39 Å². The predicted octanol–water partition coefficient (Wildman–Crippen LogP) is 1.71. The van der Waals surface area contributed by atoms with Gasteiger partial charge in [0.15, 0.2) is 5.60 Å². The number of fused-ring (bicyclic) bond motifs is 1. The smallest absolute Gasteiger partial charge is 0.180 e. The minimum Gasteiger partial charge on any atom is -0.493 e. The Bertz CT molecular complexity index is 427. The Labute approximate surface area is 86.7 Å². The van der Waals surface area contributed by atoms with E-state index >= 15 is 0 Å². The first-order chi connectivity index (χ1) is 7.15. The Kier molecular flexibility index (Phi) is 2.33. The third-order valence-corrected chi connectivity index (χ3v) is 2.51. The van der Waals surface area contributed by atoms with Crippen molar-refractivity contribution < 1.29 is 14.2 Å². The molecule has 0 aromatic heterocycles. The van der Waals surface area contributed by atoms with Gasteiger partial charge >= 0.3 is 0 Å². The van der Waals surface area contributed by atoms with E-state index in [9.17, 15) is 9.50 Å². The summed E-state index contributed by atoms with van der Waals surface area (Å²) in [6.07, 6.45) is 0.834. The Morgan fingerprint density at radius 3 is 3.07 bits per heavy atom. The number of hydrogen-bond donors (Lipinski definition) is 1. The van der Waals surface area contributed by atoms with Crippen molar-refractivity contribution in [3.8, 4) is 11.8 Å². The molecule has 78 valence electrons. The largest absolute Gasteiger partial charge is 0.493 e. The molecule has 15 heavy (non-hydrogen) atoms. The lowest BCUT2D eigenvalue weighted by Crippen LogP contribution is -2.22. The van der Waals surface area contributed by atoms with Gasteiger partial charge in [-0.15, -0.1) is 0 Å². The van der Waals surface area contributed by atoms with Crippen LogP contribution >= 0.6 is 0 Å². The van der Waals surface area contributed by atoms with Crippen LogP contribution in [0.3, 0.4) is 0 Å². The maximum Gasteiger partial charge on any atom is 0.180 e. The first-order valence-electron chi connectivity index (χ1n) is 4.72. The molecule has 0 saturated carbocycles. The summed E-state index contributed by atoms with van der Waals surface area (Å²) in [5.74, 6) is -0.0918. The molecule has 0 fully saturated rings. The number of rotatable bonds is 0. The summed E-state index contributed by atoms with van der Waals surface area (Å²) in [5.41, 5.74) is -1.41. The molecule has 1 heterocycles. The Morgan fingerprint density at radius 1 is 1.53 bits per heavy atom.